The van der Waals surface area contributed by atoms with E-state index in [1.54, 1.807) is 12.1 Å². The number of para-hydroxylation sites is 1. The molecule has 1 aliphatic rings. The molecular weight excluding hydrogens is 340 g/mol. The maximum absolute atomic E-state index is 12.3. The number of rotatable bonds is 5. The van der Waals surface area contributed by atoms with Crippen molar-refractivity contribution in [2.45, 2.75) is 19.5 Å². The van der Waals surface area contributed by atoms with Gasteiger partial charge in [0.25, 0.3) is 0 Å². The van der Waals surface area contributed by atoms with Gasteiger partial charge < -0.3 is 20.3 Å². The summed E-state index contributed by atoms with van der Waals surface area (Å²) in [5.41, 5.74) is 3.79. The third-order valence-electron chi connectivity index (χ3n) is 4.67. The second-order valence-electron chi connectivity index (χ2n) is 6.51. The molecule has 1 saturated heterocycles. The van der Waals surface area contributed by atoms with Crippen molar-refractivity contribution in [1.29, 1.82) is 5.26 Å². The van der Waals surface area contributed by atoms with Crippen LogP contribution in [0.15, 0.2) is 48.5 Å². The Morgan fingerprint density at radius 2 is 1.89 bits per heavy atom. The topological polar surface area (TPSA) is 77.4 Å². The Morgan fingerprint density at radius 3 is 2.59 bits per heavy atom. The van der Waals surface area contributed by atoms with Crippen LogP contribution >= 0.6 is 0 Å². The molecule has 0 radical (unpaired) electrons. The van der Waals surface area contributed by atoms with Crippen LogP contribution in [0, 0.1) is 11.3 Å². The molecule has 1 atom stereocenters. The van der Waals surface area contributed by atoms with E-state index in [2.05, 4.69) is 27.7 Å². The summed E-state index contributed by atoms with van der Waals surface area (Å²) in [5, 5.41) is 14.7. The predicted molar refractivity (Wildman–Crippen MR) is 104 cm³/mol. The number of urea groups is 1. The Bertz CT molecular complexity index is 808. The zero-order valence-electron chi connectivity index (χ0n) is 15.4. The van der Waals surface area contributed by atoms with Crippen LogP contribution in [0.5, 0.6) is 0 Å². The average Bonchev–Trinajstić information content (AvgIpc) is 2.73. The van der Waals surface area contributed by atoms with Crippen molar-refractivity contribution in [3.63, 3.8) is 0 Å². The van der Waals surface area contributed by atoms with E-state index in [0.29, 0.717) is 12.1 Å². The maximum Gasteiger partial charge on any atom is 0.315 e. The molecule has 0 spiro atoms. The summed E-state index contributed by atoms with van der Waals surface area (Å²) in [6.45, 7) is 5.55. The van der Waals surface area contributed by atoms with Gasteiger partial charge >= 0.3 is 6.03 Å². The largest absolute Gasteiger partial charge is 0.378 e. The Kier molecular flexibility index (Phi) is 6.29. The highest BCUT2D eigenvalue weighted by Gasteiger charge is 2.15. The molecule has 2 aromatic carbocycles. The minimum absolute atomic E-state index is 0.146. The Balaban J connectivity index is 1.56. The summed E-state index contributed by atoms with van der Waals surface area (Å²) in [6.07, 6.45) is 0. The van der Waals surface area contributed by atoms with E-state index >= 15 is 0 Å². The van der Waals surface area contributed by atoms with Crippen LogP contribution in [0.4, 0.5) is 10.5 Å². The van der Waals surface area contributed by atoms with E-state index in [1.807, 2.05) is 37.3 Å². The van der Waals surface area contributed by atoms with Crippen molar-refractivity contribution in [2.24, 2.45) is 0 Å². The fourth-order valence-corrected chi connectivity index (χ4v) is 3.13. The number of ether oxygens (including phenoxy) is 1. The molecule has 0 aromatic heterocycles. The van der Waals surface area contributed by atoms with Crippen LogP contribution in [0.25, 0.3) is 0 Å². The molecule has 1 unspecified atom stereocenters. The van der Waals surface area contributed by atoms with Crippen molar-refractivity contribution >= 4 is 11.7 Å². The van der Waals surface area contributed by atoms with Gasteiger partial charge in [0.15, 0.2) is 0 Å². The fourth-order valence-electron chi connectivity index (χ4n) is 3.13. The first-order valence-electron chi connectivity index (χ1n) is 9.12. The molecule has 1 fully saturated rings. The molecule has 2 aromatic rings. The Labute approximate surface area is 159 Å². The van der Waals surface area contributed by atoms with E-state index in [-0.39, 0.29) is 12.1 Å². The van der Waals surface area contributed by atoms with Crippen LogP contribution in [0.1, 0.15) is 29.7 Å². The van der Waals surface area contributed by atoms with Crippen molar-refractivity contribution < 1.29 is 9.53 Å². The summed E-state index contributed by atoms with van der Waals surface area (Å²) in [7, 11) is 0. The van der Waals surface area contributed by atoms with Gasteiger partial charge in [0, 0.05) is 25.3 Å². The minimum Gasteiger partial charge on any atom is -0.378 e. The summed E-state index contributed by atoms with van der Waals surface area (Å²) in [5.74, 6) is 0. The lowest BCUT2D eigenvalue weighted by Gasteiger charge is -2.30. The number of morpholine rings is 1. The predicted octanol–water partition coefficient (Wildman–Crippen LogP) is 2.96. The smallest absolute Gasteiger partial charge is 0.315 e. The first kappa shape index (κ1) is 18.7. The summed E-state index contributed by atoms with van der Waals surface area (Å²) in [4.78, 5) is 14.6. The highest BCUT2D eigenvalue weighted by atomic mass is 16.5. The zero-order valence-corrected chi connectivity index (χ0v) is 15.4. The van der Waals surface area contributed by atoms with Gasteiger partial charge in [-0.15, -0.1) is 0 Å². The maximum atomic E-state index is 12.3. The monoisotopic (exact) mass is 364 g/mol. The molecule has 0 saturated carbocycles. The van der Waals surface area contributed by atoms with Gasteiger partial charge in [-0.3, -0.25) is 0 Å². The highest BCUT2D eigenvalue weighted by molar-refractivity contribution is 5.74. The van der Waals surface area contributed by atoms with Gasteiger partial charge in [0.05, 0.1) is 30.9 Å². The molecule has 140 valence electrons. The van der Waals surface area contributed by atoms with Crippen LogP contribution in [0.3, 0.4) is 0 Å². The van der Waals surface area contributed by atoms with Gasteiger partial charge in [-0.1, -0.05) is 30.3 Å². The van der Waals surface area contributed by atoms with Gasteiger partial charge in [-0.25, -0.2) is 4.79 Å². The lowest BCUT2D eigenvalue weighted by molar-refractivity contribution is 0.122. The lowest BCUT2D eigenvalue weighted by Crippen LogP contribution is -2.39. The summed E-state index contributed by atoms with van der Waals surface area (Å²) in [6, 6.07) is 17.1. The first-order valence-corrected chi connectivity index (χ1v) is 9.12. The summed E-state index contributed by atoms with van der Waals surface area (Å²) >= 11 is 0. The third-order valence-corrected chi connectivity index (χ3v) is 4.67. The van der Waals surface area contributed by atoms with E-state index < -0.39 is 0 Å². The molecule has 6 nitrogen and oxygen atoms in total. The number of nitriles is 1. The van der Waals surface area contributed by atoms with Crippen LogP contribution < -0.4 is 15.5 Å². The zero-order chi connectivity index (χ0) is 19.1. The summed E-state index contributed by atoms with van der Waals surface area (Å²) < 4.78 is 5.42. The molecule has 6 heteroatoms. The van der Waals surface area contributed by atoms with Crippen molar-refractivity contribution in [3.05, 3.63) is 65.2 Å². The minimum atomic E-state index is -0.219. The molecule has 0 aliphatic carbocycles. The SMILES string of the molecule is CC(NC(=O)NCc1ccccc1N1CCOCC1)c1ccc(C#N)cc1. The Morgan fingerprint density at radius 1 is 1.19 bits per heavy atom. The van der Waals surface area contributed by atoms with Crippen LogP contribution in [0.2, 0.25) is 0 Å². The number of nitrogens with zero attached hydrogens (tertiary/aromatic N) is 2. The molecule has 2 amide bonds. The standard InChI is InChI=1S/C21H24N4O2/c1-16(18-8-6-17(14-22)7-9-18)24-21(26)23-15-19-4-2-3-5-20(19)25-10-12-27-13-11-25/h2-9,16H,10-13,15H2,1H3,(H2,23,24,26). The third kappa shape index (κ3) is 4.99. The molecule has 2 N–H and O–H groups in total. The van der Waals surface area contributed by atoms with Crippen molar-refractivity contribution in [1.82, 2.24) is 10.6 Å². The van der Waals surface area contributed by atoms with E-state index in [0.717, 1.165) is 43.1 Å². The normalized spacial score (nSPS) is 14.9. The number of amides is 2. The molecular formula is C21H24N4O2. The van der Waals surface area contributed by atoms with Crippen LogP contribution in [-0.4, -0.2) is 32.3 Å². The lowest BCUT2D eigenvalue weighted by atomic mass is 10.1. The molecule has 1 heterocycles. The second kappa shape index (κ2) is 9.06. The van der Waals surface area contributed by atoms with Gasteiger partial charge in [-0.2, -0.15) is 5.26 Å². The van der Waals surface area contributed by atoms with Crippen LogP contribution in [-0.2, 0) is 11.3 Å². The number of benzene rings is 2. The molecule has 0 bridgehead atoms. The van der Waals surface area contributed by atoms with E-state index in [4.69, 9.17) is 10.00 Å². The number of hydrogen-bond donors (Lipinski definition) is 2. The molecule has 3 rings (SSSR count). The second-order valence-corrected chi connectivity index (χ2v) is 6.51. The van der Waals surface area contributed by atoms with Crippen molar-refractivity contribution in [2.75, 3.05) is 31.2 Å². The quantitative estimate of drug-likeness (QED) is 0.855. The van der Waals surface area contributed by atoms with Gasteiger partial charge in [0.1, 0.15) is 0 Å². The highest BCUT2D eigenvalue weighted by Crippen LogP contribution is 2.21. The van der Waals surface area contributed by atoms with Gasteiger partial charge in [-0.05, 0) is 36.2 Å². The van der Waals surface area contributed by atoms with Crippen molar-refractivity contribution in [3.8, 4) is 6.07 Å². The number of carbonyl (C=O) groups excluding carboxylic acids is 1. The van der Waals surface area contributed by atoms with E-state index in [1.165, 1.54) is 0 Å². The molecule has 1 aliphatic heterocycles. The number of anilines is 1. The number of nitrogens with one attached hydrogen (secondary N) is 2. The first-order chi connectivity index (χ1) is 13.2. The van der Waals surface area contributed by atoms with Gasteiger partial charge in [0.2, 0.25) is 0 Å². The molecule has 27 heavy (non-hydrogen) atoms. The number of carbonyl (C=O) groups is 1. The fraction of sp³-hybridized carbons (Fsp3) is 0.333. The average molecular weight is 364 g/mol. The van der Waals surface area contributed by atoms with E-state index in [9.17, 15) is 4.79 Å². The number of hydrogen-bond acceptors (Lipinski definition) is 4. The Hall–Kier alpha value is -3.04.